The lowest BCUT2D eigenvalue weighted by Gasteiger charge is -2.49. The smallest absolute Gasteiger partial charge is 0.311 e. The van der Waals surface area contributed by atoms with Crippen LogP contribution in [0, 0.1) is 23.7 Å². The summed E-state index contributed by atoms with van der Waals surface area (Å²) in [5.41, 5.74) is -5.06. The van der Waals surface area contributed by atoms with Crippen LogP contribution in [0.5, 0.6) is 0 Å². The zero-order chi connectivity index (χ0) is 45.7. The van der Waals surface area contributed by atoms with Gasteiger partial charge in [-0.05, 0) is 81.8 Å². The van der Waals surface area contributed by atoms with E-state index in [4.69, 9.17) is 37.9 Å². The summed E-state index contributed by atoms with van der Waals surface area (Å²) in [7, 11) is 5.09. The van der Waals surface area contributed by atoms with Crippen molar-refractivity contribution in [2.45, 2.75) is 199 Å². The van der Waals surface area contributed by atoms with Gasteiger partial charge in [0.25, 0.3) is 0 Å². The molecule has 348 valence electrons. The summed E-state index contributed by atoms with van der Waals surface area (Å²) in [4.78, 5) is 55.6. The number of rotatable bonds is 12. The zero-order valence-electron chi connectivity index (χ0n) is 38.2. The van der Waals surface area contributed by atoms with Crippen LogP contribution in [0.1, 0.15) is 115 Å². The molecule has 3 saturated heterocycles. The Morgan fingerprint density at radius 2 is 1.47 bits per heavy atom. The van der Waals surface area contributed by atoms with Crippen LogP contribution in [0.3, 0.4) is 0 Å². The number of hydrogen-bond donors (Lipinski definition) is 4. The predicted octanol–water partition coefficient (Wildman–Crippen LogP) is 2.68. The molecule has 3 aliphatic heterocycles. The molecule has 60 heavy (non-hydrogen) atoms. The molecule has 4 N–H and O–H groups in total. The molecule has 3 heterocycles. The molecule has 18 atom stereocenters. The Hall–Kier alpha value is -2.32. The first kappa shape index (κ1) is 52.0. The number of Topliss-reactive ketones (excluding diaryl/α,β-unsaturated/α-hetero) is 1. The minimum atomic E-state index is -2.04. The molecule has 17 nitrogen and oxygen atoms in total. The Balaban J connectivity index is 2.22. The van der Waals surface area contributed by atoms with Crippen molar-refractivity contribution in [1.82, 2.24) is 4.90 Å². The van der Waals surface area contributed by atoms with E-state index in [-0.39, 0.29) is 38.7 Å². The van der Waals surface area contributed by atoms with Gasteiger partial charge in [-0.15, -0.1) is 0 Å². The van der Waals surface area contributed by atoms with Gasteiger partial charge in [0.1, 0.15) is 23.6 Å². The topological polar surface area (TPSA) is 226 Å². The number of aliphatic hydroxyl groups is 4. The molecule has 0 aromatic heterocycles. The number of carbonyl (C=O) groups is 4. The van der Waals surface area contributed by atoms with Crippen LogP contribution in [0.4, 0.5) is 0 Å². The van der Waals surface area contributed by atoms with Gasteiger partial charge in [-0.3, -0.25) is 19.2 Å². The van der Waals surface area contributed by atoms with Gasteiger partial charge in [-0.2, -0.15) is 0 Å². The Labute approximate surface area is 356 Å². The van der Waals surface area contributed by atoms with Gasteiger partial charge in [0.15, 0.2) is 18.7 Å². The van der Waals surface area contributed by atoms with Crippen molar-refractivity contribution in [2.75, 3.05) is 27.8 Å². The lowest BCUT2D eigenvalue weighted by molar-refractivity contribution is -0.319. The number of ketones is 1. The van der Waals surface area contributed by atoms with Crippen LogP contribution in [-0.2, 0) is 57.1 Å². The summed E-state index contributed by atoms with van der Waals surface area (Å²) >= 11 is 0. The average molecular weight is 862 g/mol. The van der Waals surface area contributed by atoms with Gasteiger partial charge < -0.3 is 63.2 Å². The maximum Gasteiger partial charge on any atom is 0.311 e. The minimum absolute atomic E-state index is 0.0431. The Bertz CT molecular complexity index is 1440. The molecule has 0 bridgehead atoms. The Morgan fingerprint density at radius 1 is 0.850 bits per heavy atom. The van der Waals surface area contributed by atoms with Crippen LogP contribution in [0.25, 0.3) is 0 Å². The summed E-state index contributed by atoms with van der Waals surface area (Å²) in [6.45, 7) is 17.9. The molecule has 3 rings (SSSR count). The second-order valence-electron chi connectivity index (χ2n) is 18.2. The molecule has 0 radical (unpaired) electrons. The maximum atomic E-state index is 14.3. The first-order valence-corrected chi connectivity index (χ1v) is 21.5. The van der Waals surface area contributed by atoms with Crippen molar-refractivity contribution < 1.29 is 77.5 Å². The molecular weight excluding hydrogens is 786 g/mol. The summed E-state index contributed by atoms with van der Waals surface area (Å²) in [5, 5.41) is 46.8. The fourth-order valence-electron chi connectivity index (χ4n) is 9.17. The SMILES string of the molecule is CCOC(=O)CCC(=O)O[C@@H]1[C@H](O[C@@H]2[C@H](C)[C@H](O[C@@H]3C[C@](C)(OC)[C@H](O)[C@H](C)O3)[C@H](C)C(=O)O[C@H](CC)[C@](C)(O)[C@H](O)[C@H](C)C(=O)[C@H](C)C[C@]2(C)O)O[C@@H](C)C[C@@H]1N(C)C. The molecule has 0 amide bonds. The van der Waals surface area contributed by atoms with E-state index in [1.807, 2.05) is 25.9 Å². The predicted molar refractivity (Wildman–Crippen MR) is 216 cm³/mol. The number of ether oxygens (including phenoxy) is 8. The van der Waals surface area contributed by atoms with Crippen molar-refractivity contribution >= 4 is 23.7 Å². The van der Waals surface area contributed by atoms with Crippen molar-refractivity contribution in [3.63, 3.8) is 0 Å². The molecule has 17 heteroatoms. The third-order valence-corrected chi connectivity index (χ3v) is 12.9. The third kappa shape index (κ3) is 12.2. The molecule has 0 saturated carbocycles. The van der Waals surface area contributed by atoms with E-state index >= 15 is 0 Å². The molecule has 0 aromatic carbocycles. The summed E-state index contributed by atoms with van der Waals surface area (Å²) < 4.78 is 48.8. The Kier molecular flexibility index (Phi) is 18.5. The van der Waals surface area contributed by atoms with Gasteiger partial charge >= 0.3 is 17.9 Å². The van der Waals surface area contributed by atoms with Crippen molar-refractivity contribution in [3.05, 3.63) is 0 Å². The largest absolute Gasteiger partial charge is 0.466 e. The van der Waals surface area contributed by atoms with Crippen molar-refractivity contribution in [2.24, 2.45) is 23.7 Å². The molecule has 0 aliphatic carbocycles. The van der Waals surface area contributed by atoms with Crippen LogP contribution in [0.2, 0.25) is 0 Å². The van der Waals surface area contributed by atoms with Gasteiger partial charge in [0, 0.05) is 31.3 Å². The molecule has 3 aliphatic rings. The van der Waals surface area contributed by atoms with Gasteiger partial charge in [-0.25, -0.2) is 0 Å². The highest BCUT2D eigenvalue weighted by Crippen LogP contribution is 2.41. The number of cyclic esters (lactones) is 1. The number of nitrogens with zero attached hydrogens (tertiary/aromatic N) is 1. The van der Waals surface area contributed by atoms with Crippen LogP contribution in [-0.4, -0.2) is 161 Å². The van der Waals surface area contributed by atoms with Gasteiger partial charge in [-0.1, -0.05) is 27.7 Å². The molecular formula is C43H75NO16. The quantitative estimate of drug-likeness (QED) is 0.163. The van der Waals surface area contributed by atoms with Crippen molar-refractivity contribution in [1.29, 1.82) is 0 Å². The van der Waals surface area contributed by atoms with Crippen molar-refractivity contribution in [3.8, 4) is 0 Å². The van der Waals surface area contributed by atoms with Gasteiger partial charge in [0.05, 0.1) is 73.1 Å². The number of methoxy groups -OCH3 is 1. The molecule has 0 aromatic rings. The highest BCUT2D eigenvalue weighted by molar-refractivity contribution is 5.83. The number of aliphatic hydroxyl groups excluding tert-OH is 2. The first-order chi connectivity index (χ1) is 27.8. The van der Waals surface area contributed by atoms with E-state index in [0.29, 0.717) is 6.42 Å². The zero-order valence-corrected chi connectivity index (χ0v) is 38.2. The monoisotopic (exact) mass is 862 g/mol. The van der Waals surface area contributed by atoms with E-state index in [9.17, 15) is 39.6 Å². The second-order valence-corrected chi connectivity index (χ2v) is 18.2. The standard InChI is InChI=1S/C43H75NO16/c1-15-29-43(11,52)36(48)24(5)33(47)22(3)20-41(9,51)38(25(6)34(26(7)39(50)57-29)59-32-21-42(10,53-14)37(49)27(8)56-32)60-40-35(28(44(12)13)19-23(4)55-40)58-31(46)18-17-30(45)54-16-2/h22-29,32,34-38,40,48-49,51-52H,15-21H2,1-14H3/t22-,23+,24-,25-,26+,27+,28+,29-,32-,34+,35+,36-,37-,38-,40+,41+,42+,43+/m1/s1. The fraction of sp³-hybridized carbons (Fsp3) is 0.907. The lowest BCUT2D eigenvalue weighted by Crippen LogP contribution is -2.61. The molecule has 0 unspecified atom stereocenters. The maximum absolute atomic E-state index is 14.3. The van der Waals surface area contributed by atoms with Crippen LogP contribution < -0.4 is 0 Å². The summed E-state index contributed by atoms with van der Waals surface area (Å²) in [5.74, 6) is -6.64. The second kappa shape index (κ2) is 21.4. The highest BCUT2D eigenvalue weighted by atomic mass is 16.7. The van der Waals surface area contributed by atoms with E-state index in [0.717, 1.165) is 0 Å². The molecule has 0 spiro atoms. The van der Waals surface area contributed by atoms with E-state index in [1.54, 1.807) is 48.5 Å². The average Bonchev–Trinajstić information content (AvgIpc) is 3.17. The lowest BCUT2D eigenvalue weighted by atomic mass is 9.74. The Morgan fingerprint density at radius 3 is 2.03 bits per heavy atom. The summed E-state index contributed by atoms with van der Waals surface area (Å²) in [6, 6.07) is -0.443. The molecule has 3 fully saturated rings. The number of carbonyl (C=O) groups excluding carboxylic acids is 4. The summed E-state index contributed by atoms with van der Waals surface area (Å²) in [6.07, 6.45) is -11.1. The third-order valence-electron chi connectivity index (χ3n) is 12.9. The van der Waals surface area contributed by atoms with Crippen LogP contribution >= 0.6 is 0 Å². The minimum Gasteiger partial charge on any atom is -0.466 e. The fourth-order valence-corrected chi connectivity index (χ4v) is 9.17. The van der Waals surface area contributed by atoms with E-state index in [1.165, 1.54) is 27.9 Å². The van der Waals surface area contributed by atoms with Crippen LogP contribution in [0.15, 0.2) is 0 Å². The number of hydrogen-bond acceptors (Lipinski definition) is 17. The normalized spacial score (nSPS) is 43.8. The first-order valence-electron chi connectivity index (χ1n) is 21.5. The van der Waals surface area contributed by atoms with Gasteiger partial charge in [0.2, 0.25) is 0 Å². The number of esters is 3. The van der Waals surface area contributed by atoms with E-state index < -0.39 is 132 Å². The highest BCUT2D eigenvalue weighted by Gasteiger charge is 2.54. The van der Waals surface area contributed by atoms with E-state index in [2.05, 4.69) is 0 Å². The number of likely N-dealkylation sites (N-methyl/N-ethyl adjacent to an activating group) is 1.